The Hall–Kier alpha value is -2.87. The summed E-state index contributed by atoms with van der Waals surface area (Å²) in [4.78, 5) is 42.1. The summed E-state index contributed by atoms with van der Waals surface area (Å²) in [6.07, 6.45) is 4.88. The van der Waals surface area contributed by atoms with E-state index in [1.807, 2.05) is 34.1 Å². The Morgan fingerprint density at radius 3 is 2.25 bits per heavy atom. The lowest BCUT2D eigenvalue weighted by atomic mass is 10.0. The molecule has 32 heavy (non-hydrogen) atoms. The second-order valence-corrected chi connectivity index (χ2v) is 9.26. The van der Waals surface area contributed by atoms with Crippen LogP contribution in [0.4, 0.5) is 10.5 Å². The number of amides is 3. The van der Waals surface area contributed by atoms with Gasteiger partial charge in [-0.05, 0) is 42.4 Å². The van der Waals surface area contributed by atoms with Gasteiger partial charge in [-0.1, -0.05) is 23.7 Å². The molecule has 0 bridgehead atoms. The first-order valence-corrected chi connectivity index (χ1v) is 11.2. The summed E-state index contributed by atoms with van der Waals surface area (Å²) in [5.74, 6) is 0.681. The first-order chi connectivity index (χ1) is 15.2. The van der Waals surface area contributed by atoms with Crippen LogP contribution in [0, 0.1) is 11.8 Å². The molecule has 3 atom stereocenters. The fraction of sp³-hybridized carbons (Fsp3) is 0.478. The molecule has 1 aromatic heterocycles. The van der Waals surface area contributed by atoms with Crippen LogP contribution in [0.3, 0.4) is 0 Å². The molecule has 1 aliphatic heterocycles. The molecule has 2 heterocycles. The van der Waals surface area contributed by atoms with Gasteiger partial charge in [0.05, 0.1) is 18.1 Å². The maximum absolute atomic E-state index is 12.9. The van der Waals surface area contributed by atoms with Gasteiger partial charge in [0.2, 0.25) is 11.8 Å². The molecule has 1 aromatic carbocycles. The molecule has 3 amide bonds. The lowest BCUT2D eigenvalue weighted by molar-refractivity contribution is -0.131. The Labute approximate surface area is 192 Å². The number of likely N-dealkylation sites (tertiary alicyclic amines) is 1. The van der Waals surface area contributed by atoms with E-state index in [1.54, 1.807) is 20.2 Å². The van der Waals surface area contributed by atoms with Gasteiger partial charge in [0, 0.05) is 51.6 Å². The molecule has 0 unspecified atom stereocenters. The van der Waals surface area contributed by atoms with Crippen molar-refractivity contribution in [1.82, 2.24) is 19.6 Å². The molecular formula is C23H28ClN5O3. The first-order valence-electron chi connectivity index (χ1n) is 10.8. The third kappa shape index (κ3) is 4.50. The Kier molecular flexibility index (Phi) is 6.24. The van der Waals surface area contributed by atoms with Crippen molar-refractivity contribution in [3.63, 3.8) is 0 Å². The van der Waals surface area contributed by atoms with Crippen molar-refractivity contribution >= 4 is 35.1 Å². The van der Waals surface area contributed by atoms with E-state index in [0.29, 0.717) is 42.2 Å². The van der Waals surface area contributed by atoms with Crippen molar-refractivity contribution in [1.29, 1.82) is 0 Å². The van der Waals surface area contributed by atoms with Crippen LogP contribution >= 0.6 is 11.6 Å². The summed E-state index contributed by atoms with van der Waals surface area (Å²) < 4.78 is 1.30. The van der Waals surface area contributed by atoms with Crippen molar-refractivity contribution in [3.8, 4) is 0 Å². The number of benzene rings is 1. The highest BCUT2D eigenvalue weighted by molar-refractivity contribution is 6.30. The number of nitrogens with zero attached hydrogens (tertiary/aromatic N) is 5. The highest BCUT2D eigenvalue weighted by atomic mass is 35.5. The predicted octanol–water partition coefficient (Wildman–Crippen LogP) is 3.25. The molecule has 1 saturated carbocycles. The SMILES string of the molecule is CC(=O)N(C)c1cnn(C(=O)N2C[C@H]3C[C@H](N(Cc4ccc(Cl)cc4)C(C)=O)C[C@H]3C2)c1. The van der Waals surface area contributed by atoms with Gasteiger partial charge >= 0.3 is 6.03 Å². The second kappa shape index (κ2) is 8.94. The zero-order chi connectivity index (χ0) is 23.0. The van der Waals surface area contributed by atoms with Crippen molar-refractivity contribution in [2.75, 3.05) is 25.0 Å². The molecule has 2 fully saturated rings. The van der Waals surface area contributed by atoms with Crippen LogP contribution in [0.5, 0.6) is 0 Å². The average molecular weight is 458 g/mol. The lowest BCUT2D eigenvalue weighted by Gasteiger charge is -2.29. The average Bonchev–Trinajstić information content (AvgIpc) is 3.46. The van der Waals surface area contributed by atoms with Crippen LogP contribution in [0.1, 0.15) is 32.3 Å². The lowest BCUT2D eigenvalue weighted by Crippen LogP contribution is -2.39. The van der Waals surface area contributed by atoms with Gasteiger partial charge in [-0.2, -0.15) is 9.78 Å². The number of hydrogen-bond acceptors (Lipinski definition) is 4. The third-order valence-electron chi connectivity index (χ3n) is 6.73. The van der Waals surface area contributed by atoms with E-state index in [1.165, 1.54) is 22.7 Å². The quantitative estimate of drug-likeness (QED) is 0.706. The molecule has 8 nitrogen and oxygen atoms in total. The van der Waals surface area contributed by atoms with Crippen molar-refractivity contribution in [2.24, 2.45) is 11.8 Å². The molecule has 1 saturated heterocycles. The van der Waals surface area contributed by atoms with E-state index in [4.69, 9.17) is 11.6 Å². The normalized spacial score (nSPS) is 22.0. The van der Waals surface area contributed by atoms with E-state index in [0.717, 1.165) is 18.4 Å². The van der Waals surface area contributed by atoms with Crippen LogP contribution in [-0.2, 0) is 16.1 Å². The number of fused-ring (bicyclic) bond motifs is 1. The van der Waals surface area contributed by atoms with Crippen molar-refractivity contribution in [3.05, 3.63) is 47.2 Å². The smallest absolute Gasteiger partial charge is 0.336 e. The predicted molar refractivity (Wildman–Crippen MR) is 121 cm³/mol. The van der Waals surface area contributed by atoms with E-state index >= 15 is 0 Å². The van der Waals surface area contributed by atoms with Crippen LogP contribution in [-0.4, -0.2) is 63.6 Å². The molecule has 1 aliphatic carbocycles. The Balaban J connectivity index is 1.38. The van der Waals surface area contributed by atoms with Gasteiger partial charge in [0.1, 0.15) is 0 Å². The monoisotopic (exact) mass is 457 g/mol. The molecule has 4 rings (SSSR count). The Bertz CT molecular complexity index is 1010. The molecule has 9 heteroatoms. The molecule has 0 spiro atoms. The Morgan fingerprint density at radius 2 is 1.69 bits per heavy atom. The van der Waals surface area contributed by atoms with Crippen LogP contribution in [0.25, 0.3) is 0 Å². The minimum Gasteiger partial charge on any atom is -0.336 e. The standard InChI is InChI=1S/C23H28ClN5O3/c1-15(30)26(3)22-10-25-29(14-22)23(32)27-12-18-8-21(9-19(18)13-27)28(16(2)31)11-17-4-6-20(24)7-5-17/h4-7,10,14,18-19,21H,8-9,11-13H2,1-3H3/t18-,19+,21+. The summed E-state index contributed by atoms with van der Waals surface area (Å²) in [5.41, 5.74) is 1.65. The summed E-state index contributed by atoms with van der Waals surface area (Å²) in [6.45, 7) is 4.97. The van der Waals surface area contributed by atoms with Gasteiger partial charge in [0.15, 0.2) is 0 Å². The fourth-order valence-electron chi connectivity index (χ4n) is 4.88. The zero-order valence-corrected chi connectivity index (χ0v) is 19.3. The number of aromatic nitrogens is 2. The number of anilines is 1. The largest absolute Gasteiger partial charge is 0.344 e. The van der Waals surface area contributed by atoms with Gasteiger partial charge < -0.3 is 14.7 Å². The minimum absolute atomic E-state index is 0.0662. The van der Waals surface area contributed by atoms with Crippen molar-refractivity contribution < 1.29 is 14.4 Å². The summed E-state index contributed by atoms with van der Waals surface area (Å²) >= 11 is 5.98. The third-order valence-corrected chi connectivity index (χ3v) is 6.98. The summed E-state index contributed by atoms with van der Waals surface area (Å²) in [6, 6.07) is 7.60. The highest BCUT2D eigenvalue weighted by Gasteiger charge is 2.45. The van der Waals surface area contributed by atoms with E-state index in [-0.39, 0.29) is 23.9 Å². The number of halogens is 1. The molecular weight excluding hydrogens is 430 g/mol. The topological polar surface area (TPSA) is 78.8 Å². The zero-order valence-electron chi connectivity index (χ0n) is 18.6. The van der Waals surface area contributed by atoms with E-state index in [2.05, 4.69) is 5.10 Å². The first kappa shape index (κ1) is 22.3. The van der Waals surface area contributed by atoms with Gasteiger partial charge in [-0.25, -0.2) is 4.79 Å². The fourth-order valence-corrected chi connectivity index (χ4v) is 5.01. The summed E-state index contributed by atoms with van der Waals surface area (Å²) in [5, 5.41) is 4.83. The van der Waals surface area contributed by atoms with Crippen LogP contribution in [0.2, 0.25) is 5.02 Å². The van der Waals surface area contributed by atoms with Crippen molar-refractivity contribution in [2.45, 2.75) is 39.3 Å². The highest BCUT2D eigenvalue weighted by Crippen LogP contribution is 2.41. The number of hydrogen-bond donors (Lipinski definition) is 0. The van der Waals surface area contributed by atoms with E-state index in [9.17, 15) is 14.4 Å². The van der Waals surface area contributed by atoms with Gasteiger partial charge in [-0.15, -0.1) is 0 Å². The van der Waals surface area contributed by atoms with Gasteiger partial charge in [-0.3, -0.25) is 9.59 Å². The maximum Gasteiger partial charge on any atom is 0.344 e. The number of carbonyl (C=O) groups is 3. The van der Waals surface area contributed by atoms with Crippen LogP contribution in [0.15, 0.2) is 36.7 Å². The Morgan fingerprint density at radius 1 is 1.06 bits per heavy atom. The molecule has 0 radical (unpaired) electrons. The molecule has 2 aromatic rings. The number of rotatable bonds is 4. The summed E-state index contributed by atoms with van der Waals surface area (Å²) in [7, 11) is 1.65. The minimum atomic E-state index is -0.177. The van der Waals surface area contributed by atoms with Gasteiger partial charge in [0.25, 0.3) is 0 Å². The maximum atomic E-state index is 12.9. The molecule has 0 N–H and O–H groups in total. The molecule has 2 aliphatic rings. The van der Waals surface area contributed by atoms with Crippen LogP contribution < -0.4 is 4.90 Å². The molecule has 170 valence electrons. The second-order valence-electron chi connectivity index (χ2n) is 8.83. The number of carbonyl (C=O) groups excluding carboxylic acids is 3. The van der Waals surface area contributed by atoms with E-state index < -0.39 is 0 Å².